The van der Waals surface area contributed by atoms with Crippen LogP contribution < -0.4 is 10.6 Å². The summed E-state index contributed by atoms with van der Waals surface area (Å²) >= 11 is 0. The predicted molar refractivity (Wildman–Crippen MR) is 177 cm³/mol. The average molecular weight is 606 g/mol. The lowest BCUT2D eigenvalue weighted by Crippen LogP contribution is -2.53. The van der Waals surface area contributed by atoms with Crippen molar-refractivity contribution in [1.29, 1.82) is 0 Å². The lowest BCUT2D eigenvalue weighted by Gasteiger charge is -2.31. The molecule has 3 atom stereocenters. The molecule has 45 heavy (non-hydrogen) atoms. The van der Waals surface area contributed by atoms with Crippen LogP contribution in [0.2, 0.25) is 0 Å². The van der Waals surface area contributed by atoms with Gasteiger partial charge < -0.3 is 30.4 Å². The van der Waals surface area contributed by atoms with Crippen LogP contribution in [-0.4, -0.2) is 80.9 Å². The number of amides is 1. The number of benzene rings is 2. The van der Waals surface area contributed by atoms with Gasteiger partial charge in [0.05, 0.1) is 42.4 Å². The molecule has 1 amide bonds. The van der Waals surface area contributed by atoms with Crippen LogP contribution >= 0.6 is 0 Å². The van der Waals surface area contributed by atoms with Crippen molar-refractivity contribution >= 4 is 11.9 Å². The summed E-state index contributed by atoms with van der Waals surface area (Å²) < 4.78 is 0. The second-order valence-corrected chi connectivity index (χ2v) is 12.9. The molecule has 0 aliphatic carbocycles. The van der Waals surface area contributed by atoms with Gasteiger partial charge in [0, 0.05) is 20.1 Å². The number of carbonyl (C=O) groups excluding carboxylic acids is 1. The van der Waals surface area contributed by atoms with Gasteiger partial charge in [-0.3, -0.25) is 9.79 Å². The molecule has 0 spiro atoms. The number of hydrogen-bond donors (Lipinski definition) is 4. The number of nitrogens with one attached hydrogen (secondary N) is 4. The molecule has 10 nitrogen and oxygen atoms in total. The molecule has 0 radical (unpaired) electrons. The zero-order valence-corrected chi connectivity index (χ0v) is 26.4. The van der Waals surface area contributed by atoms with Gasteiger partial charge in [0.15, 0.2) is 5.96 Å². The number of carbonyl (C=O) groups is 1. The molecular weight excluding hydrogens is 562 g/mol. The maximum Gasteiger partial charge on any atom is 0.246 e. The Labute approximate surface area is 264 Å². The van der Waals surface area contributed by atoms with Crippen molar-refractivity contribution < 1.29 is 4.79 Å². The molecular formula is C35H43N9O. The van der Waals surface area contributed by atoms with E-state index in [-0.39, 0.29) is 23.9 Å². The smallest absolute Gasteiger partial charge is 0.246 e. The first-order chi connectivity index (χ1) is 21.9. The van der Waals surface area contributed by atoms with E-state index in [0.717, 1.165) is 96.7 Å². The maximum atomic E-state index is 13.8. The van der Waals surface area contributed by atoms with Crippen LogP contribution in [0, 0.1) is 5.92 Å². The largest absolute Gasteiger partial charge is 0.344 e. The monoisotopic (exact) mass is 605 g/mol. The van der Waals surface area contributed by atoms with Gasteiger partial charge in [-0.05, 0) is 60.4 Å². The summed E-state index contributed by atoms with van der Waals surface area (Å²) in [4.78, 5) is 38.9. The number of aromatic nitrogens is 4. The molecule has 2 fully saturated rings. The van der Waals surface area contributed by atoms with Crippen molar-refractivity contribution in [2.75, 3.05) is 33.2 Å². The first-order valence-electron chi connectivity index (χ1n) is 16.3. The third-order valence-corrected chi connectivity index (χ3v) is 9.43. The van der Waals surface area contributed by atoms with Gasteiger partial charge in [-0.2, -0.15) is 0 Å². The second-order valence-electron chi connectivity index (χ2n) is 12.9. The third kappa shape index (κ3) is 5.99. The highest BCUT2D eigenvalue weighted by Gasteiger charge is 2.37. The summed E-state index contributed by atoms with van der Waals surface area (Å²) in [5.41, 5.74) is 6.52. The van der Waals surface area contributed by atoms with Crippen LogP contribution in [0.5, 0.6) is 0 Å². The fourth-order valence-corrected chi connectivity index (χ4v) is 6.75. The molecule has 3 aliphatic heterocycles. The van der Waals surface area contributed by atoms with E-state index in [9.17, 15) is 4.79 Å². The fraction of sp³-hybridized carbons (Fsp3) is 0.429. The van der Waals surface area contributed by atoms with Gasteiger partial charge in [0.1, 0.15) is 17.7 Å². The lowest BCUT2D eigenvalue weighted by molar-refractivity contribution is -0.135. The van der Waals surface area contributed by atoms with Crippen molar-refractivity contribution in [2.45, 2.75) is 57.7 Å². The minimum Gasteiger partial charge on any atom is -0.344 e. The van der Waals surface area contributed by atoms with E-state index in [2.05, 4.69) is 97.9 Å². The summed E-state index contributed by atoms with van der Waals surface area (Å²) in [6.45, 7) is 7.60. The molecule has 4 N–H and O–H groups in total. The van der Waals surface area contributed by atoms with Gasteiger partial charge in [-0.15, -0.1) is 0 Å². The number of nitrogens with zero attached hydrogens (tertiary/aromatic N) is 5. The number of aromatic amines is 2. The Hall–Kier alpha value is -4.44. The van der Waals surface area contributed by atoms with E-state index >= 15 is 0 Å². The van der Waals surface area contributed by atoms with Crippen LogP contribution in [0.25, 0.3) is 33.6 Å². The maximum absolute atomic E-state index is 13.8. The molecule has 0 bridgehead atoms. The Kier molecular flexibility index (Phi) is 8.14. The molecule has 2 aromatic carbocycles. The minimum absolute atomic E-state index is 0.0595. The first kappa shape index (κ1) is 29.3. The molecule has 2 saturated heterocycles. The molecule has 10 heteroatoms. The van der Waals surface area contributed by atoms with Crippen molar-refractivity contribution in [2.24, 2.45) is 10.9 Å². The van der Waals surface area contributed by atoms with E-state index in [1.54, 1.807) is 0 Å². The number of rotatable bonds is 8. The molecule has 234 valence electrons. The fourth-order valence-electron chi connectivity index (χ4n) is 6.75. The quantitative estimate of drug-likeness (QED) is 0.221. The topological polar surface area (TPSA) is 117 Å². The van der Waals surface area contributed by atoms with E-state index in [1.807, 2.05) is 24.3 Å². The van der Waals surface area contributed by atoms with Crippen LogP contribution in [0.15, 0.2) is 65.9 Å². The minimum atomic E-state index is -0.327. The third-order valence-electron chi connectivity index (χ3n) is 9.43. The van der Waals surface area contributed by atoms with Crippen LogP contribution in [0.1, 0.15) is 63.3 Å². The summed E-state index contributed by atoms with van der Waals surface area (Å²) in [5, 5.41) is 6.94. The van der Waals surface area contributed by atoms with Crippen molar-refractivity contribution in [3.8, 4) is 33.6 Å². The number of hydrogen-bond acceptors (Lipinski definition) is 7. The molecule has 0 unspecified atom stereocenters. The second kappa shape index (κ2) is 12.5. The Morgan fingerprint density at radius 1 is 0.844 bits per heavy atom. The lowest BCUT2D eigenvalue weighted by atomic mass is 10.0. The number of aliphatic imine (C=N–C) groups is 1. The molecule has 7 rings (SSSR count). The molecule has 2 aromatic heterocycles. The van der Waals surface area contributed by atoms with E-state index in [4.69, 9.17) is 4.98 Å². The summed E-state index contributed by atoms with van der Waals surface area (Å²) in [6, 6.07) is 17.1. The van der Waals surface area contributed by atoms with E-state index in [1.165, 1.54) is 6.42 Å². The molecule has 5 heterocycles. The van der Waals surface area contributed by atoms with Gasteiger partial charge in [0.25, 0.3) is 0 Å². The number of imidazole rings is 2. The highest BCUT2D eigenvalue weighted by Crippen LogP contribution is 2.33. The van der Waals surface area contributed by atoms with Gasteiger partial charge >= 0.3 is 0 Å². The zero-order valence-electron chi connectivity index (χ0n) is 26.4. The Morgan fingerprint density at radius 2 is 1.47 bits per heavy atom. The zero-order chi connectivity index (χ0) is 30.9. The van der Waals surface area contributed by atoms with Crippen molar-refractivity contribution in [1.82, 2.24) is 40.4 Å². The van der Waals surface area contributed by atoms with Crippen LogP contribution in [0.4, 0.5) is 0 Å². The number of likely N-dealkylation sites (tertiary alicyclic amines) is 1. The Balaban J connectivity index is 1.02. The van der Waals surface area contributed by atoms with Crippen LogP contribution in [0.3, 0.4) is 0 Å². The molecule has 4 aromatic rings. The highest BCUT2D eigenvalue weighted by molar-refractivity contribution is 5.90. The number of H-pyrrole nitrogens is 2. The number of likely N-dealkylation sites (N-methyl/N-ethyl adjacent to an activating group) is 1. The summed E-state index contributed by atoms with van der Waals surface area (Å²) in [5.74, 6) is 2.92. The van der Waals surface area contributed by atoms with Crippen molar-refractivity contribution in [3.05, 3.63) is 72.6 Å². The van der Waals surface area contributed by atoms with E-state index < -0.39 is 0 Å². The summed E-state index contributed by atoms with van der Waals surface area (Å²) in [7, 11) is 2.01. The summed E-state index contributed by atoms with van der Waals surface area (Å²) in [6.07, 6.45) is 8.01. The Bertz CT molecular complexity index is 1650. The SMILES string of the molecule is CC(C)[C@@H](NC1=NCCN1C)C(=O)N1CCC[C@H]1c1ncc(-c2ccc(-c3ccc(-c4cnc([C@@H]5CCCN5)[nH]4)cc3)cc2)[nH]1. The van der Waals surface area contributed by atoms with Gasteiger partial charge in [-0.1, -0.05) is 62.4 Å². The Morgan fingerprint density at radius 3 is 2.04 bits per heavy atom. The normalized spacial score (nSPS) is 20.7. The van der Waals surface area contributed by atoms with Gasteiger partial charge in [0.2, 0.25) is 5.91 Å². The number of guanidine groups is 1. The molecule has 3 aliphatic rings. The van der Waals surface area contributed by atoms with Gasteiger partial charge in [-0.25, -0.2) is 9.97 Å². The first-order valence-corrected chi connectivity index (χ1v) is 16.3. The average Bonchev–Trinajstić information content (AvgIpc) is 3.90. The van der Waals surface area contributed by atoms with Crippen LogP contribution in [-0.2, 0) is 4.79 Å². The predicted octanol–water partition coefficient (Wildman–Crippen LogP) is 5.14. The highest BCUT2D eigenvalue weighted by atomic mass is 16.2. The van der Waals surface area contributed by atoms with Crippen molar-refractivity contribution in [3.63, 3.8) is 0 Å². The van der Waals surface area contributed by atoms with E-state index in [0.29, 0.717) is 6.04 Å². The standard InChI is InChI=1S/C35H43N9O/c1-22(2)31(42-35-37-17-19-43(35)3)34(45)44-18-5-7-30(44)33-39-21-29(41-33)26-14-10-24(11-15-26)23-8-12-25(13-9-23)28-20-38-32(40-28)27-6-4-16-36-27/h8-15,20-22,27,30-31,36H,4-7,16-19H2,1-3H3,(H,37,42)(H,38,40)(H,39,41)/t27-,30-,31+/m0/s1. The molecule has 0 saturated carbocycles.